The first kappa shape index (κ1) is 16.2. The minimum Gasteiger partial charge on any atom is -0.506 e. The molecule has 3 nitrogen and oxygen atoms in total. The van der Waals surface area contributed by atoms with Crippen molar-refractivity contribution in [1.82, 2.24) is 0 Å². The predicted octanol–water partition coefficient (Wildman–Crippen LogP) is 4.25. The smallest absolute Gasteiger partial charge is 0.416 e. The summed E-state index contributed by atoms with van der Waals surface area (Å²) in [5, 5.41) is 12.2. The molecule has 0 heterocycles. The van der Waals surface area contributed by atoms with E-state index in [-0.39, 0.29) is 22.0 Å². The Bertz CT molecular complexity index is 701. The van der Waals surface area contributed by atoms with Crippen molar-refractivity contribution in [3.63, 3.8) is 0 Å². The summed E-state index contributed by atoms with van der Waals surface area (Å²) in [6.45, 7) is 0. The van der Waals surface area contributed by atoms with Gasteiger partial charge in [-0.3, -0.25) is 4.79 Å². The van der Waals surface area contributed by atoms with Crippen molar-refractivity contribution in [2.75, 3.05) is 5.32 Å². The summed E-state index contributed by atoms with van der Waals surface area (Å²) in [6.07, 6.45) is -5.00. The molecule has 0 spiro atoms. The van der Waals surface area contributed by atoms with Crippen LogP contribution in [0.1, 0.15) is 11.1 Å². The van der Waals surface area contributed by atoms with Crippen molar-refractivity contribution in [1.29, 1.82) is 0 Å². The highest BCUT2D eigenvalue weighted by Crippen LogP contribution is 2.32. The fourth-order valence-corrected chi connectivity index (χ4v) is 2.10. The lowest BCUT2D eigenvalue weighted by molar-refractivity contribution is -0.138. The van der Waals surface area contributed by atoms with Gasteiger partial charge in [-0.2, -0.15) is 13.2 Å². The zero-order valence-electron chi connectivity index (χ0n) is 11.1. The maximum absolute atomic E-state index is 12.9. The van der Waals surface area contributed by atoms with E-state index in [1.807, 2.05) is 0 Å². The predicted molar refractivity (Wildman–Crippen MR) is 76.9 cm³/mol. The maximum Gasteiger partial charge on any atom is 0.416 e. The third-order valence-corrected chi connectivity index (χ3v) is 3.14. The summed E-state index contributed by atoms with van der Waals surface area (Å²) >= 11 is 5.73. The Hall–Kier alpha value is -2.21. The molecule has 0 aliphatic heterocycles. The average molecular weight is 330 g/mol. The first-order valence-electron chi connectivity index (χ1n) is 6.21. The molecule has 0 fully saturated rings. The summed E-state index contributed by atoms with van der Waals surface area (Å²) < 4.78 is 38.6. The number of phenolic OH excluding ortho intramolecular Hbond substituents is 1. The van der Waals surface area contributed by atoms with Crippen LogP contribution >= 0.6 is 11.6 Å². The van der Waals surface area contributed by atoms with E-state index in [1.54, 1.807) is 0 Å². The lowest BCUT2D eigenvalue weighted by Gasteiger charge is -2.13. The van der Waals surface area contributed by atoms with Gasteiger partial charge in [0.05, 0.1) is 17.7 Å². The fraction of sp³-hybridized carbons (Fsp3) is 0.133. The summed E-state index contributed by atoms with van der Waals surface area (Å²) in [5.41, 5.74) is -0.962. The molecule has 7 heteroatoms. The van der Waals surface area contributed by atoms with Crippen molar-refractivity contribution in [2.24, 2.45) is 0 Å². The molecule has 2 rings (SSSR count). The van der Waals surface area contributed by atoms with E-state index in [2.05, 4.69) is 5.32 Å². The van der Waals surface area contributed by atoms with Gasteiger partial charge in [0.25, 0.3) is 0 Å². The second-order valence-corrected chi connectivity index (χ2v) is 4.98. The number of phenols is 1. The molecule has 2 N–H and O–H groups in total. The van der Waals surface area contributed by atoms with Crippen LogP contribution in [0.2, 0.25) is 5.02 Å². The average Bonchev–Trinajstić information content (AvgIpc) is 2.42. The van der Waals surface area contributed by atoms with Crippen molar-refractivity contribution in [3.8, 4) is 5.75 Å². The lowest BCUT2D eigenvalue weighted by Crippen LogP contribution is -2.18. The van der Waals surface area contributed by atoms with E-state index < -0.39 is 24.1 Å². The van der Waals surface area contributed by atoms with Crippen LogP contribution in [-0.4, -0.2) is 11.0 Å². The van der Waals surface area contributed by atoms with E-state index in [1.165, 1.54) is 36.4 Å². The number of halogens is 4. The first-order chi connectivity index (χ1) is 10.3. The number of nitrogens with one attached hydrogen (secondary N) is 1. The van der Waals surface area contributed by atoms with Gasteiger partial charge in [-0.1, -0.05) is 29.8 Å². The molecule has 0 saturated heterocycles. The van der Waals surface area contributed by atoms with Crippen molar-refractivity contribution >= 4 is 23.2 Å². The Morgan fingerprint density at radius 3 is 2.55 bits per heavy atom. The number of rotatable bonds is 3. The minimum atomic E-state index is -4.53. The molecule has 0 radical (unpaired) electrons. The zero-order chi connectivity index (χ0) is 16.3. The van der Waals surface area contributed by atoms with E-state index in [4.69, 9.17) is 11.6 Å². The van der Waals surface area contributed by atoms with Gasteiger partial charge in [-0.25, -0.2) is 0 Å². The van der Waals surface area contributed by atoms with E-state index >= 15 is 0 Å². The van der Waals surface area contributed by atoms with Crippen molar-refractivity contribution in [2.45, 2.75) is 12.6 Å². The monoisotopic (exact) mass is 329 g/mol. The van der Waals surface area contributed by atoms with Gasteiger partial charge in [0, 0.05) is 5.02 Å². The van der Waals surface area contributed by atoms with E-state index in [0.717, 1.165) is 6.07 Å². The minimum absolute atomic E-state index is 0.0435. The molecule has 0 atom stereocenters. The molecule has 0 aliphatic rings. The number of aromatic hydroxyl groups is 1. The summed E-state index contributed by atoms with van der Waals surface area (Å²) in [6, 6.07) is 8.85. The van der Waals surface area contributed by atoms with Gasteiger partial charge in [0.2, 0.25) is 5.91 Å². The van der Waals surface area contributed by atoms with Gasteiger partial charge < -0.3 is 10.4 Å². The third-order valence-electron chi connectivity index (χ3n) is 2.91. The molecule has 22 heavy (non-hydrogen) atoms. The number of hydrogen-bond donors (Lipinski definition) is 2. The van der Waals surface area contributed by atoms with Crippen LogP contribution in [0.4, 0.5) is 18.9 Å². The van der Waals surface area contributed by atoms with Crippen LogP contribution in [0.25, 0.3) is 0 Å². The number of amides is 1. The molecule has 0 aromatic heterocycles. The highest BCUT2D eigenvalue weighted by Gasteiger charge is 2.33. The second kappa shape index (κ2) is 6.27. The third kappa shape index (κ3) is 3.92. The summed E-state index contributed by atoms with van der Waals surface area (Å²) in [5.74, 6) is -0.906. The van der Waals surface area contributed by atoms with E-state index in [9.17, 15) is 23.1 Å². The zero-order valence-corrected chi connectivity index (χ0v) is 11.9. The topological polar surface area (TPSA) is 49.3 Å². The summed E-state index contributed by atoms with van der Waals surface area (Å²) in [7, 11) is 0. The quantitative estimate of drug-likeness (QED) is 0.827. The number of carbonyl (C=O) groups is 1. The van der Waals surface area contributed by atoms with Gasteiger partial charge >= 0.3 is 6.18 Å². The molecule has 1 amide bonds. The molecule has 0 saturated carbocycles. The van der Waals surface area contributed by atoms with Crippen LogP contribution in [0.15, 0.2) is 42.5 Å². The lowest BCUT2D eigenvalue weighted by atomic mass is 10.0. The Labute approximate surface area is 129 Å². The number of alkyl halides is 3. The van der Waals surface area contributed by atoms with Crippen LogP contribution in [0, 0.1) is 0 Å². The Morgan fingerprint density at radius 1 is 1.18 bits per heavy atom. The SMILES string of the molecule is O=C(Cc1ccccc1C(F)(F)F)Nc1cc(Cl)ccc1O. The Morgan fingerprint density at radius 2 is 1.86 bits per heavy atom. The molecule has 0 bridgehead atoms. The van der Waals surface area contributed by atoms with Gasteiger partial charge in [-0.05, 0) is 29.8 Å². The van der Waals surface area contributed by atoms with Gasteiger partial charge in [0.1, 0.15) is 5.75 Å². The fourth-order valence-electron chi connectivity index (χ4n) is 1.93. The number of benzene rings is 2. The summed E-state index contributed by atoms with van der Waals surface area (Å²) in [4.78, 5) is 11.9. The van der Waals surface area contributed by atoms with Gasteiger partial charge in [-0.15, -0.1) is 0 Å². The molecule has 2 aromatic carbocycles. The van der Waals surface area contributed by atoms with Crippen LogP contribution in [-0.2, 0) is 17.4 Å². The van der Waals surface area contributed by atoms with Crippen LogP contribution < -0.4 is 5.32 Å². The van der Waals surface area contributed by atoms with Crippen LogP contribution in [0.5, 0.6) is 5.75 Å². The Balaban J connectivity index is 2.18. The highest BCUT2D eigenvalue weighted by atomic mass is 35.5. The van der Waals surface area contributed by atoms with Crippen molar-refractivity contribution < 1.29 is 23.1 Å². The Kier molecular flexibility index (Phi) is 4.61. The molecule has 0 aliphatic carbocycles. The second-order valence-electron chi connectivity index (χ2n) is 4.54. The molecule has 2 aromatic rings. The van der Waals surface area contributed by atoms with E-state index in [0.29, 0.717) is 0 Å². The number of hydrogen-bond acceptors (Lipinski definition) is 2. The number of anilines is 1. The van der Waals surface area contributed by atoms with Gasteiger partial charge in [0.15, 0.2) is 0 Å². The normalized spacial score (nSPS) is 11.3. The molecule has 0 unspecified atom stereocenters. The largest absolute Gasteiger partial charge is 0.506 e. The molecule has 116 valence electrons. The maximum atomic E-state index is 12.9. The van der Waals surface area contributed by atoms with Crippen molar-refractivity contribution in [3.05, 3.63) is 58.6 Å². The molecular weight excluding hydrogens is 319 g/mol. The highest BCUT2D eigenvalue weighted by molar-refractivity contribution is 6.31. The number of carbonyl (C=O) groups excluding carboxylic acids is 1. The molecular formula is C15H11ClF3NO2. The standard InChI is InChI=1S/C15H11ClF3NO2/c16-10-5-6-13(21)12(8-10)20-14(22)7-9-3-1-2-4-11(9)15(17,18)19/h1-6,8,21H,7H2,(H,20,22). The van der Waals surface area contributed by atoms with Crippen LogP contribution in [0.3, 0.4) is 0 Å². The first-order valence-corrected chi connectivity index (χ1v) is 6.58.